The Kier molecular flexibility index (Phi) is 5.99. The van der Waals surface area contributed by atoms with Crippen LogP contribution in [0.3, 0.4) is 0 Å². The highest BCUT2D eigenvalue weighted by Gasteiger charge is 2.08. The third-order valence-corrected chi connectivity index (χ3v) is 2.38. The fraction of sp³-hybridized carbons (Fsp3) is 0.500. The molecule has 0 aliphatic carbocycles. The molecule has 5 heteroatoms. The van der Waals surface area contributed by atoms with Crippen molar-refractivity contribution in [3.05, 3.63) is 18.2 Å². The molecule has 0 saturated carbocycles. The van der Waals surface area contributed by atoms with Gasteiger partial charge < -0.3 is 20.5 Å². The van der Waals surface area contributed by atoms with Crippen molar-refractivity contribution in [3.63, 3.8) is 0 Å². The maximum Gasteiger partial charge on any atom is 0.307 e. The molecule has 0 saturated heterocycles. The lowest BCUT2D eigenvalue weighted by molar-refractivity contribution is -0.142. The van der Waals surface area contributed by atoms with Crippen LogP contribution in [0.2, 0.25) is 0 Å². The number of anilines is 2. The molecule has 19 heavy (non-hydrogen) atoms. The molecule has 0 amide bonds. The number of nitrogens with one attached hydrogen (secondary N) is 1. The van der Waals surface area contributed by atoms with Crippen molar-refractivity contribution in [3.8, 4) is 5.75 Å². The van der Waals surface area contributed by atoms with Crippen molar-refractivity contribution >= 4 is 17.3 Å². The zero-order valence-electron chi connectivity index (χ0n) is 11.7. The fourth-order valence-electron chi connectivity index (χ4n) is 1.59. The van der Waals surface area contributed by atoms with Crippen LogP contribution in [-0.2, 0) is 9.53 Å². The molecule has 0 radical (unpaired) electrons. The second-order valence-electron chi connectivity index (χ2n) is 4.37. The summed E-state index contributed by atoms with van der Waals surface area (Å²) >= 11 is 0. The number of rotatable bonds is 7. The Morgan fingerprint density at radius 3 is 2.79 bits per heavy atom. The van der Waals surface area contributed by atoms with Gasteiger partial charge in [0.05, 0.1) is 30.5 Å². The number of hydrogen-bond donors (Lipinski definition) is 2. The highest BCUT2D eigenvalue weighted by atomic mass is 16.5. The molecule has 0 aromatic heterocycles. The number of hydrogen-bond acceptors (Lipinski definition) is 5. The average molecular weight is 266 g/mol. The largest absolute Gasteiger partial charge is 0.489 e. The number of nitrogen functional groups attached to an aromatic ring is 1. The lowest BCUT2D eigenvalue weighted by Crippen LogP contribution is -2.13. The molecule has 0 unspecified atom stereocenters. The number of nitrogens with two attached hydrogens (primary N) is 1. The third-order valence-electron chi connectivity index (χ3n) is 2.38. The first-order valence-electron chi connectivity index (χ1n) is 6.49. The summed E-state index contributed by atoms with van der Waals surface area (Å²) in [7, 11) is 0. The summed E-state index contributed by atoms with van der Waals surface area (Å²) in [6.07, 6.45) is 0.375. The van der Waals surface area contributed by atoms with E-state index in [-0.39, 0.29) is 12.1 Å². The number of ether oxygens (including phenoxy) is 2. The van der Waals surface area contributed by atoms with Crippen LogP contribution in [0, 0.1) is 0 Å². The molecule has 0 spiro atoms. The maximum atomic E-state index is 11.2. The Labute approximate surface area is 114 Å². The number of benzene rings is 1. The van der Waals surface area contributed by atoms with Gasteiger partial charge in [-0.05, 0) is 32.9 Å². The van der Waals surface area contributed by atoms with Gasteiger partial charge in [-0.25, -0.2) is 0 Å². The molecule has 0 bridgehead atoms. The van der Waals surface area contributed by atoms with Crippen molar-refractivity contribution in [1.29, 1.82) is 0 Å². The van der Waals surface area contributed by atoms with E-state index in [2.05, 4.69) is 5.32 Å². The monoisotopic (exact) mass is 266 g/mol. The van der Waals surface area contributed by atoms with E-state index in [1.165, 1.54) is 0 Å². The Morgan fingerprint density at radius 1 is 1.42 bits per heavy atom. The lowest BCUT2D eigenvalue weighted by Gasteiger charge is -2.15. The van der Waals surface area contributed by atoms with Gasteiger partial charge >= 0.3 is 5.97 Å². The van der Waals surface area contributed by atoms with E-state index in [9.17, 15) is 4.79 Å². The number of para-hydroxylation sites is 1. The smallest absolute Gasteiger partial charge is 0.307 e. The SMILES string of the molecule is CCOC(=O)CCNc1cccc(OC(C)C)c1N. The van der Waals surface area contributed by atoms with Gasteiger partial charge in [0.15, 0.2) is 0 Å². The predicted octanol–water partition coefficient (Wildman–Crippen LogP) is 2.42. The average Bonchev–Trinajstić information content (AvgIpc) is 2.33. The minimum Gasteiger partial charge on any atom is -0.489 e. The van der Waals surface area contributed by atoms with Gasteiger partial charge in [-0.15, -0.1) is 0 Å². The molecule has 5 nitrogen and oxygen atoms in total. The molecule has 1 aromatic rings. The summed E-state index contributed by atoms with van der Waals surface area (Å²) in [6, 6.07) is 5.54. The predicted molar refractivity (Wildman–Crippen MR) is 76.4 cm³/mol. The van der Waals surface area contributed by atoms with Crippen molar-refractivity contribution in [2.24, 2.45) is 0 Å². The van der Waals surface area contributed by atoms with Crippen LogP contribution in [0.25, 0.3) is 0 Å². The molecule has 0 aliphatic heterocycles. The van der Waals surface area contributed by atoms with Gasteiger partial charge in [-0.2, -0.15) is 0 Å². The lowest BCUT2D eigenvalue weighted by atomic mass is 10.2. The van der Waals surface area contributed by atoms with E-state index in [0.717, 1.165) is 5.69 Å². The molecule has 1 rings (SSSR count). The molecule has 0 fully saturated rings. The minimum atomic E-state index is -0.219. The molecular weight excluding hydrogens is 244 g/mol. The van der Waals surface area contributed by atoms with Crippen LogP contribution in [0.1, 0.15) is 27.2 Å². The van der Waals surface area contributed by atoms with Gasteiger partial charge in [0.2, 0.25) is 0 Å². The molecule has 0 aliphatic rings. The van der Waals surface area contributed by atoms with Crippen LogP contribution >= 0.6 is 0 Å². The van der Waals surface area contributed by atoms with Crippen molar-refractivity contribution in [2.75, 3.05) is 24.2 Å². The van der Waals surface area contributed by atoms with Crippen LogP contribution in [0.4, 0.5) is 11.4 Å². The molecule has 0 heterocycles. The molecule has 0 atom stereocenters. The Hall–Kier alpha value is -1.91. The Balaban J connectivity index is 2.56. The number of esters is 1. The summed E-state index contributed by atoms with van der Waals surface area (Å²) < 4.78 is 10.4. The van der Waals surface area contributed by atoms with Crippen LogP contribution < -0.4 is 15.8 Å². The van der Waals surface area contributed by atoms with E-state index in [4.69, 9.17) is 15.2 Å². The summed E-state index contributed by atoms with van der Waals surface area (Å²) in [5, 5.41) is 3.11. The van der Waals surface area contributed by atoms with Crippen LogP contribution in [-0.4, -0.2) is 25.2 Å². The number of carbonyl (C=O) groups is 1. The topological polar surface area (TPSA) is 73.6 Å². The first-order valence-corrected chi connectivity index (χ1v) is 6.49. The zero-order valence-corrected chi connectivity index (χ0v) is 11.7. The molecular formula is C14H22N2O3. The van der Waals surface area contributed by atoms with Crippen molar-refractivity contribution in [1.82, 2.24) is 0 Å². The quantitative estimate of drug-likeness (QED) is 0.585. The van der Waals surface area contributed by atoms with E-state index >= 15 is 0 Å². The summed E-state index contributed by atoms with van der Waals surface area (Å²) in [5.74, 6) is 0.430. The van der Waals surface area contributed by atoms with Crippen LogP contribution in [0.15, 0.2) is 18.2 Å². The highest BCUT2D eigenvalue weighted by molar-refractivity contribution is 5.74. The summed E-state index contributed by atoms with van der Waals surface area (Å²) in [6.45, 7) is 6.56. The standard InChI is InChI=1S/C14H22N2O3/c1-4-18-13(17)8-9-16-11-6-5-7-12(14(11)15)19-10(2)3/h5-7,10,16H,4,8-9,15H2,1-3H3. The second kappa shape index (κ2) is 7.51. The third kappa shape index (κ3) is 5.07. The highest BCUT2D eigenvalue weighted by Crippen LogP contribution is 2.29. The van der Waals surface area contributed by atoms with Gasteiger partial charge in [-0.3, -0.25) is 4.79 Å². The molecule has 3 N–H and O–H groups in total. The summed E-state index contributed by atoms with van der Waals surface area (Å²) in [4.78, 5) is 11.2. The van der Waals surface area contributed by atoms with E-state index in [1.807, 2.05) is 32.0 Å². The second-order valence-corrected chi connectivity index (χ2v) is 4.37. The van der Waals surface area contributed by atoms with Crippen molar-refractivity contribution in [2.45, 2.75) is 33.3 Å². The first-order chi connectivity index (χ1) is 9.04. The normalized spacial score (nSPS) is 10.3. The van der Waals surface area contributed by atoms with Crippen molar-refractivity contribution < 1.29 is 14.3 Å². The van der Waals surface area contributed by atoms with Gasteiger partial charge in [0, 0.05) is 6.54 Å². The van der Waals surface area contributed by atoms with E-state index in [1.54, 1.807) is 6.92 Å². The molecule has 106 valence electrons. The van der Waals surface area contributed by atoms with E-state index < -0.39 is 0 Å². The maximum absolute atomic E-state index is 11.2. The first kappa shape index (κ1) is 15.1. The van der Waals surface area contributed by atoms with E-state index in [0.29, 0.717) is 31.0 Å². The Morgan fingerprint density at radius 2 is 2.16 bits per heavy atom. The molecule has 1 aromatic carbocycles. The minimum absolute atomic E-state index is 0.0667. The van der Waals surface area contributed by atoms with Gasteiger partial charge in [0.25, 0.3) is 0 Å². The number of carbonyl (C=O) groups excluding carboxylic acids is 1. The van der Waals surface area contributed by atoms with Crippen LogP contribution in [0.5, 0.6) is 5.75 Å². The Bertz CT molecular complexity index is 419. The fourth-order valence-corrected chi connectivity index (χ4v) is 1.59. The zero-order chi connectivity index (χ0) is 14.3. The summed E-state index contributed by atoms with van der Waals surface area (Å²) in [5.41, 5.74) is 7.33. The van der Waals surface area contributed by atoms with Gasteiger partial charge in [-0.1, -0.05) is 6.07 Å². The van der Waals surface area contributed by atoms with Gasteiger partial charge in [0.1, 0.15) is 5.75 Å².